The van der Waals surface area contributed by atoms with Crippen molar-refractivity contribution in [1.82, 2.24) is 4.90 Å². The summed E-state index contributed by atoms with van der Waals surface area (Å²) in [5.74, 6) is -3.21. The molecule has 1 amide bonds. The lowest BCUT2D eigenvalue weighted by Gasteiger charge is -2.26. The Morgan fingerprint density at radius 2 is 1.76 bits per heavy atom. The topological polar surface area (TPSA) is 66.8 Å². The average molecular weight is 470 g/mol. The Kier molecular flexibility index (Phi) is 6.16. The van der Waals surface area contributed by atoms with E-state index in [1.165, 1.54) is 61.7 Å². The first-order valence-corrected chi connectivity index (χ1v) is 10.3. The molecule has 3 aromatic carbocycles. The van der Waals surface area contributed by atoms with Crippen molar-refractivity contribution in [3.63, 3.8) is 0 Å². The Bertz CT molecular complexity index is 1270. The third-order valence-corrected chi connectivity index (χ3v) is 5.76. The number of benzene rings is 3. The second-order valence-electron chi connectivity index (χ2n) is 7.42. The summed E-state index contributed by atoms with van der Waals surface area (Å²) in [6.07, 6.45) is 0. The molecule has 4 rings (SSSR count). The number of halogens is 3. The normalized spacial score (nSPS) is 17.5. The lowest BCUT2D eigenvalue weighted by molar-refractivity contribution is -0.140. The summed E-state index contributed by atoms with van der Waals surface area (Å²) in [6, 6.07) is 14.3. The van der Waals surface area contributed by atoms with Gasteiger partial charge in [0.1, 0.15) is 23.1 Å². The van der Waals surface area contributed by atoms with E-state index in [2.05, 4.69) is 0 Å². The molecule has 0 aliphatic carbocycles. The number of aliphatic hydroxyl groups is 1. The van der Waals surface area contributed by atoms with Gasteiger partial charge >= 0.3 is 0 Å². The van der Waals surface area contributed by atoms with Gasteiger partial charge < -0.3 is 14.7 Å². The van der Waals surface area contributed by atoms with Crippen LogP contribution < -0.4 is 4.74 Å². The summed E-state index contributed by atoms with van der Waals surface area (Å²) in [4.78, 5) is 27.2. The first-order chi connectivity index (χ1) is 15.8. The molecule has 1 aliphatic rings. The van der Waals surface area contributed by atoms with E-state index in [0.717, 1.165) is 4.90 Å². The largest absolute Gasteiger partial charge is 0.507 e. The molecule has 3 aromatic rings. The van der Waals surface area contributed by atoms with Crippen LogP contribution in [0.15, 0.2) is 72.3 Å². The van der Waals surface area contributed by atoms with E-state index in [9.17, 15) is 23.5 Å². The lowest BCUT2D eigenvalue weighted by atomic mass is 9.94. The van der Waals surface area contributed by atoms with Crippen LogP contribution in [0.25, 0.3) is 5.76 Å². The third-order valence-electron chi connectivity index (χ3n) is 5.43. The summed E-state index contributed by atoms with van der Waals surface area (Å²) in [7, 11) is 1.42. The molecule has 0 spiro atoms. The van der Waals surface area contributed by atoms with Crippen LogP contribution in [-0.4, -0.2) is 28.8 Å². The van der Waals surface area contributed by atoms with Crippen molar-refractivity contribution < 1.29 is 28.2 Å². The van der Waals surface area contributed by atoms with Crippen LogP contribution in [0, 0.1) is 11.6 Å². The molecular formula is C25H18ClF2NO4. The highest BCUT2D eigenvalue weighted by molar-refractivity contribution is 6.47. The molecule has 1 fully saturated rings. The average Bonchev–Trinajstić information content (AvgIpc) is 3.05. The molecule has 1 unspecified atom stereocenters. The molecule has 0 bridgehead atoms. The molecular weight excluding hydrogens is 452 g/mol. The number of nitrogens with zero attached hydrogens (tertiary/aromatic N) is 1. The van der Waals surface area contributed by atoms with Crippen molar-refractivity contribution in [3.8, 4) is 5.75 Å². The van der Waals surface area contributed by atoms with Crippen molar-refractivity contribution in [2.75, 3.05) is 7.11 Å². The van der Waals surface area contributed by atoms with E-state index >= 15 is 0 Å². The van der Waals surface area contributed by atoms with Gasteiger partial charge in [0.05, 0.1) is 23.7 Å². The Morgan fingerprint density at radius 1 is 1.06 bits per heavy atom. The fourth-order valence-electron chi connectivity index (χ4n) is 3.81. The lowest BCUT2D eigenvalue weighted by Crippen LogP contribution is -2.29. The first kappa shape index (κ1) is 22.5. The first-order valence-electron chi connectivity index (χ1n) is 9.93. The molecule has 5 nitrogen and oxygen atoms in total. The zero-order valence-corrected chi connectivity index (χ0v) is 18.1. The second-order valence-corrected chi connectivity index (χ2v) is 7.83. The predicted octanol–water partition coefficient (Wildman–Crippen LogP) is 5.25. The van der Waals surface area contributed by atoms with Gasteiger partial charge in [0.25, 0.3) is 11.7 Å². The smallest absolute Gasteiger partial charge is 0.295 e. The van der Waals surface area contributed by atoms with Gasteiger partial charge in [-0.3, -0.25) is 9.59 Å². The number of rotatable bonds is 5. The van der Waals surface area contributed by atoms with E-state index in [1.54, 1.807) is 12.1 Å². The molecule has 0 aromatic heterocycles. The number of amides is 1. The second kappa shape index (κ2) is 9.03. The zero-order valence-electron chi connectivity index (χ0n) is 17.4. The van der Waals surface area contributed by atoms with Crippen molar-refractivity contribution in [2.45, 2.75) is 12.6 Å². The van der Waals surface area contributed by atoms with Crippen LogP contribution in [0.2, 0.25) is 5.02 Å². The minimum Gasteiger partial charge on any atom is -0.507 e. The number of hydrogen-bond acceptors (Lipinski definition) is 4. The number of hydrogen-bond donors (Lipinski definition) is 1. The summed E-state index contributed by atoms with van der Waals surface area (Å²) in [5, 5.41) is 11.2. The highest BCUT2D eigenvalue weighted by atomic mass is 35.5. The molecule has 0 radical (unpaired) electrons. The predicted molar refractivity (Wildman–Crippen MR) is 119 cm³/mol. The molecule has 8 heteroatoms. The summed E-state index contributed by atoms with van der Waals surface area (Å²) >= 11 is 6.25. The standard InChI is InChI=1S/C25H18ClF2NO4/c1-33-16-10-11-19(26)18(12-16)23(30)21-22(17-4-2-3-5-20(17)28)29(25(32)24(21)31)13-14-6-8-15(27)9-7-14/h2-12,22,30H,13H2,1H3/b23-21+. The SMILES string of the molecule is COc1ccc(Cl)c(/C(O)=C2\C(=O)C(=O)N(Cc3ccc(F)cc3)C2c2ccccc2F)c1. The number of aliphatic hydroxyl groups excluding tert-OH is 1. The molecule has 168 valence electrons. The van der Waals surface area contributed by atoms with Crippen LogP contribution in [0.4, 0.5) is 8.78 Å². The zero-order chi connectivity index (χ0) is 23.7. The van der Waals surface area contributed by atoms with Gasteiger partial charge in [0, 0.05) is 17.7 Å². The van der Waals surface area contributed by atoms with Gasteiger partial charge in [-0.15, -0.1) is 0 Å². The third kappa shape index (κ3) is 4.19. The number of ketones is 1. The van der Waals surface area contributed by atoms with Gasteiger partial charge in [-0.25, -0.2) is 8.78 Å². The van der Waals surface area contributed by atoms with Crippen molar-refractivity contribution in [3.05, 3.63) is 106 Å². The molecule has 33 heavy (non-hydrogen) atoms. The highest BCUT2D eigenvalue weighted by Gasteiger charge is 2.47. The van der Waals surface area contributed by atoms with Crippen LogP contribution in [0.3, 0.4) is 0 Å². The summed E-state index contributed by atoms with van der Waals surface area (Å²) in [5.41, 5.74) is 0.318. The van der Waals surface area contributed by atoms with Crippen molar-refractivity contribution >= 4 is 29.1 Å². The number of carbonyl (C=O) groups excluding carboxylic acids is 2. The van der Waals surface area contributed by atoms with Gasteiger partial charge in [0.2, 0.25) is 0 Å². The Hall–Kier alpha value is -3.71. The van der Waals surface area contributed by atoms with Gasteiger partial charge in [-0.2, -0.15) is 0 Å². The Balaban J connectivity index is 1.91. The van der Waals surface area contributed by atoms with E-state index in [4.69, 9.17) is 16.3 Å². The maximum Gasteiger partial charge on any atom is 0.295 e. The number of carbonyl (C=O) groups is 2. The van der Waals surface area contributed by atoms with Crippen molar-refractivity contribution in [1.29, 1.82) is 0 Å². The Morgan fingerprint density at radius 3 is 2.42 bits per heavy atom. The quantitative estimate of drug-likeness (QED) is 0.315. The number of methoxy groups -OCH3 is 1. The molecule has 1 atom stereocenters. The summed E-state index contributed by atoms with van der Waals surface area (Å²) < 4.78 is 33.4. The fourth-order valence-corrected chi connectivity index (χ4v) is 4.01. The minimum atomic E-state index is -1.22. The molecule has 0 saturated carbocycles. The van der Waals surface area contributed by atoms with E-state index in [-0.39, 0.29) is 28.3 Å². The maximum atomic E-state index is 14.8. The van der Waals surface area contributed by atoms with Gasteiger partial charge in [-0.05, 0) is 42.0 Å². The molecule has 1 aliphatic heterocycles. The monoisotopic (exact) mass is 469 g/mol. The molecule has 1 saturated heterocycles. The maximum absolute atomic E-state index is 14.8. The Labute approximate surface area is 193 Å². The van der Waals surface area contributed by atoms with Crippen LogP contribution in [-0.2, 0) is 16.1 Å². The van der Waals surface area contributed by atoms with Gasteiger partial charge in [-0.1, -0.05) is 41.9 Å². The van der Waals surface area contributed by atoms with E-state index in [1.807, 2.05) is 0 Å². The van der Waals surface area contributed by atoms with Crippen LogP contribution in [0.5, 0.6) is 5.75 Å². The summed E-state index contributed by atoms with van der Waals surface area (Å²) in [6.45, 7) is -0.105. The highest BCUT2D eigenvalue weighted by Crippen LogP contribution is 2.42. The van der Waals surface area contributed by atoms with E-state index in [0.29, 0.717) is 11.3 Å². The number of Topliss-reactive ketones (excluding diaryl/α,β-unsaturated/α-hetero) is 1. The van der Waals surface area contributed by atoms with Crippen LogP contribution >= 0.6 is 11.6 Å². The molecule has 1 heterocycles. The number of likely N-dealkylation sites (tertiary alicyclic amines) is 1. The number of ether oxygens (including phenoxy) is 1. The van der Waals surface area contributed by atoms with E-state index < -0.39 is 35.1 Å². The van der Waals surface area contributed by atoms with Crippen molar-refractivity contribution in [2.24, 2.45) is 0 Å². The minimum absolute atomic E-state index is 0.0272. The molecule has 1 N–H and O–H groups in total. The van der Waals surface area contributed by atoms with Gasteiger partial charge in [0.15, 0.2) is 0 Å². The van der Waals surface area contributed by atoms with Crippen LogP contribution in [0.1, 0.15) is 22.7 Å². The fraction of sp³-hybridized carbons (Fsp3) is 0.120.